The Morgan fingerprint density at radius 3 is 2.81 bits per heavy atom. The third-order valence-corrected chi connectivity index (χ3v) is 2.56. The minimum Gasteiger partial charge on any atom is -0.369 e. The van der Waals surface area contributed by atoms with Crippen LogP contribution in [0.15, 0.2) is 29.4 Å². The first kappa shape index (κ1) is 12.4. The molecule has 84 valence electrons. The van der Waals surface area contributed by atoms with Gasteiger partial charge < -0.3 is 5.73 Å². The summed E-state index contributed by atoms with van der Waals surface area (Å²) in [4.78, 5) is 13.7. The van der Waals surface area contributed by atoms with Crippen LogP contribution in [0.5, 0.6) is 0 Å². The number of hydrogen-bond donors (Lipinski definition) is 1. The van der Waals surface area contributed by atoms with Gasteiger partial charge in [0.2, 0.25) is 5.91 Å². The Kier molecular flexibility index (Phi) is 4.64. The van der Waals surface area contributed by atoms with Gasteiger partial charge in [0.15, 0.2) is 0 Å². The fraction of sp³-hybridized carbons (Fsp3) is 0.300. The summed E-state index contributed by atoms with van der Waals surface area (Å²) in [6.45, 7) is 0.0526. The molecule has 0 spiro atoms. The fourth-order valence-corrected chi connectivity index (χ4v) is 1.53. The van der Waals surface area contributed by atoms with Crippen molar-refractivity contribution in [1.29, 1.82) is 0 Å². The summed E-state index contributed by atoms with van der Waals surface area (Å²) in [6.07, 6.45) is 0.383. The molecule has 1 aromatic rings. The SMILES string of the molecule is [N-]=[N+]=NC[C@H](Cc1ccccc1Cl)C(N)=O. The van der Waals surface area contributed by atoms with E-state index in [0.29, 0.717) is 11.4 Å². The standard InChI is InChI=1S/C10H11ClN4O/c11-9-4-2-1-3-7(9)5-8(10(12)16)6-14-15-13/h1-4,8H,5-6H2,(H2,12,16)/t8-/m0/s1. The van der Waals surface area contributed by atoms with E-state index in [-0.39, 0.29) is 6.54 Å². The third kappa shape index (κ3) is 3.46. The Balaban J connectivity index is 2.79. The van der Waals surface area contributed by atoms with Crippen LogP contribution in [0.4, 0.5) is 0 Å². The van der Waals surface area contributed by atoms with Crippen molar-refractivity contribution in [1.82, 2.24) is 0 Å². The first-order chi connectivity index (χ1) is 7.65. The Morgan fingerprint density at radius 2 is 2.25 bits per heavy atom. The first-order valence-corrected chi connectivity index (χ1v) is 5.06. The van der Waals surface area contributed by atoms with E-state index in [4.69, 9.17) is 22.9 Å². The van der Waals surface area contributed by atoms with Gasteiger partial charge in [-0.15, -0.1) is 0 Å². The first-order valence-electron chi connectivity index (χ1n) is 4.68. The fourth-order valence-electron chi connectivity index (χ4n) is 1.32. The second kappa shape index (κ2) is 6.00. The number of amides is 1. The van der Waals surface area contributed by atoms with Crippen molar-refractivity contribution < 1.29 is 4.79 Å². The van der Waals surface area contributed by atoms with Crippen molar-refractivity contribution in [3.05, 3.63) is 45.3 Å². The summed E-state index contributed by atoms with van der Waals surface area (Å²) in [6, 6.07) is 7.18. The van der Waals surface area contributed by atoms with Gasteiger partial charge >= 0.3 is 0 Å². The van der Waals surface area contributed by atoms with Crippen LogP contribution in [-0.4, -0.2) is 12.5 Å². The Bertz CT molecular complexity index is 429. The number of rotatable bonds is 5. The van der Waals surface area contributed by atoms with Crippen molar-refractivity contribution in [2.45, 2.75) is 6.42 Å². The van der Waals surface area contributed by atoms with Crippen molar-refractivity contribution >= 4 is 17.5 Å². The maximum Gasteiger partial charge on any atom is 0.220 e. The van der Waals surface area contributed by atoms with E-state index in [1.807, 2.05) is 12.1 Å². The lowest BCUT2D eigenvalue weighted by Crippen LogP contribution is -2.27. The summed E-state index contributed by atoms with van der Waals surface area (Å²) in [5.41, 5.74) is 14.2. The lowest BCUT2D eigenvalue weighted by atomic mass is 9.99. The molecule has 0 aliphatic rings. The van der Waals surface area contributed by atoms with Crippen molar-refractivity contribution in [2.75, 3.05) is 6.54 Å². The van der Waals surface area contributed by atoms with Crippen molar-refractivity contribution in [3.8, 4) is 0 Å². The summed E-state index contributed by atoms with van der Waals surface area (Å²) < 4.78 is 0. The zero-order valence-electron chi connectivity index (χ0n) is 8.51. The summed E-state index contributed by atoms with van der Waals surface area (Å²) >= 11 is 5.95. The topological polar surface area (TPSA) is 91.8 Å². The van der Waals surface area contributed by atoms with Gasteiger partial charge in [0, 0.05) is 22.4 Å². The molecule has 1 atom stereocenters. The number of nitrogens with zero attached hydrogens (tertiary/aromatic N) is 3. The number of carbonyl (C=O) groups excluding carboxylic acids is 1. The molecule has 0 radical (unpaired) electrons. The number of primary amides is 1. The summed E-state index contributed by atoms with van der Waals surface area (Å²) in [7, 11) is 0. The van der Waals surface area contributed by atoms with Crippen LogP contribution in [0, 0.1) is 5.92 Å². The number of nitrogens with two attached hydrogens (primary N) is 1. The average molecular weight is 239 g/mol. The number of hydrogen-bond acceptors (Lipinski definition) is 2. The molecule has 0 fully saturated rings. The summed E-state index contributed by atoms with van der Waals surface area (Å²) in [5, 5.41) is 3.93. The molecule has 1 amide bonds. The van der Waals surface area contributed by atoms with Crippen LogP contribution in [0.3, 0.4) is 0 Å². The van der Waals surface area contributed by atoms with Crippen LogP contribution in [0.25, 0.3) is 10.4 Å². The van der Waals surface area contributed by atoms with Crippen LogP contribution in [0.2, 0.25) is 5.02 Å². The minimum atomic E-state index is -0.518. The maximum atomic E-state index is 11.1. The van der Waals surface area contributed by atoms with Crippen LogP contribution in [0.1, 0.15) is 5.56 Å². The van der Waals surface area contributed by atoms with Crippen LogP contribution in [-0.2, 0) is 11.2 Å². The van der Waals surface area contributed by atoms with Crippen LogP contribution >= 0.6 is 11.6 Å². The molecule has 0 aromatic heterocycles. The Hall–Kier alpha value is -1.71. The van der Waals surface area contributed by atoms with E-state index in [1.54, 1.807) is 12.1 Å². The zero-order chi connectivity index (χ0) is 12.0. The highest BCUT2D eigenvalue weighted by atomic mass is 35.5. The molecular weight excluding hydrogens is 228 g/mol. The van der Waals surface area contributed by atoms with E-state index in [0.717, 1.165) is 5.56 Å². The predicted octanol–water partition coefficient (Wildman–Crippen LogP) is 2.29. The number of carbonyl (C=O) groups is 1. The largest absolute Gasteiger partial charge is 0.369 e. The second-order valence-electron chi connectivity index (χ2n) is 3.31. The van der Waals surface area contributed by atoms with Gasteiger partial charge in [-0.3, -0.25) is 4.79 Å². The molecule has 1 rings (SSSR count). The lowest BCUT2D eigenvalue weighted by molar-refractivity contribution is -0.121. The Labute approximate surface area is 97.8 Å². The maximum absolute atomic E-state index is 11.1. The van der Waals surface area contributed by atoms with E-state index in [1.165, 1.54) is 0 Å². The Morgan fingerprint density at radius 1 is 1.56 bits per heavy atom. The van der Waals surface area contributed by atoms with Gasteiger partial charge in [0.05, 0.1) is 0 Å². The summed E-state index contributed by atoms with van der Waals surface area (Å²) in [5.74, 6) is -1.01. The van der Waals surface area contributed by atoms with E-state index < -0.39 is 11.8 Å². The molecule has 0 aliphatic carbocycles. The lowest BCUT2D eigenvalue weighted by Gasteiger charge is -2.11. The van der Waals surface area contributed by atoms with Gasteiger partial charge in [-0.2, -0.15) is 0 Å². The molecule has 0 aliphatic heterocycles. The highest BCUT2D eigenvalue weighted by Crippen LogP contribution is 2.19. The molecule has 0 bridgehead atoms. The minimum absolute atomic E-state index is 0.0526. The molecule has 0 saturated carbocycles. The van der Waals surface area contributed by atoms with Gasteiger partial charge in [-0.1, -0.05) is 34.9 Å². The van der Waals surface area contributed by atoms with Crippen molar-refractivity contribution in [3.63, 3.8) is 0 Å². The van der Waals surface area contributed by atoms with Gasteiger partial charge in [0.25, 0.3) is 0 Å². The molecule has 2 N–H and O–H groups in total. The highest BCUT2D eigenvalue weighted by Gasteiger charge is 2.16. The molecule has 0 heterocycles. The van der Waals surface area contributed by atoms with E-state index >= 15 is 0 Å². The smallest absolute Gasteiger partial charge is 0.220 e. The normalized spacial score (nSPS) is 11.6. The molecule has 0 saturated heterocycles. The van der Waals surface area contributed by atoms with E-state index in [2.05, 4.69) is 10.0 Å². The van der Waals surface area contributed by atoms with Crippen molar-refractivity contribution in [2.24, 2.45) is 16.8 Å². The number of benzene rings is 1. The third-order valence-electron chi connectivity index (χ3n) is 2.19. The van der Waals surface area contributed by atoms with Crippen LogP contribution < -0.4 is 5.73 Å². The van der Waals surface area contributed by atoms with Gasteiger partial charge in [-0.05, 0) is 23.6 Å². The zero-order valence-corrected chi connectivity index (χ0v) is 9.26. The highest BCUT2D eigenvalue weighted by molar-refractivity contribution is 6.31. The second-order valence-corrected chi connectivity index (χ2v) is 3.72. The quantitative estimate of drug-likeness (QED) is 0.476. The average Bonchev–Trinajstić information content (AvgIpc) is 2.26. The molecular formula is C10H11ClN4O. The van der Waals surface area contributed by atoms with Gasteiger partial charge in [-0.25, -0.2) is 0 Å². The molecule has 6 heteroatoms. The predicted molar refractivity (Wildman–Crippen MR) is 61.9 cm³/mol. The molecule has 5 nitrogen and oxygen atoms in total. The van der Waals surface area contributed by atoms with E-state index in [9.17, 15) is 4.79 Å². The number of halogens is 1. The number of azide groups is 1. The molecule has 16 heavy (non-hydrogen) atoms. The van der Waals surface area contributed by atoms with Gasteiger partial charge in [0.1, 0.15) is 0 Å². The monoisotopic (exact) mass is 238 g/mol. The molecule has 0 unspecified atom stereocenters. The molecule has 1 aromatic carbocycles.